The van der Waals surface area contributed by atoms with E-state index in [9.17, 15) is 4.79 Å². The minimum absolute atomic E-state index is 0.225. The average molecular weight is 438 g/mol. The van der Waals surface area contributed by atoms with Gasteiger partial charge >= 0.3 is 0 Å². The summed E-state index contributed by atoms with van der Waals surface area (Å²) in [4.78, 5) is 16.2. The highest BCUT2D eigenvalue weighted by Gasteiger charge is 2.16. The lowest BCUT2D eigenvalue weighted by atomic mass is 9.95. The van der Waals surface area contributed by atoms with Crippen LogP contribution >= 0.6 is 0 Å². The van der Waals surface area contributed by atoms with Gasteiger partial charge in [0, 0.05) is 27.7 Å². The number of rotatable bonds is 6. The first-order chi connectivity index (χ1) is 16.2. The summed E-state index contributed by atoms with van der Waals surface area (Å²) < 4.78 is 6.01. The lowest BCUT2D eigenvalue weighted by Gasteiger charge is -2.10. The molecule has 0 aliphatic heterocycles. The number of aromatic amines is 1. The molecule has 166 valence electrons. The van der Waals surface area contributed by atoms with Gasteiger partial charge in [0.15, 0.2) is 0 Å². The van der Waals surface area contributed by atoms with Gasteiger partial charge in [0.1, 0.15) is 12.4 Å². The number of fused-ring (bicyclic) bond motifs is 3. The van der Waals surface area contributed by atoms with E-state index in [0.29, 0.717) is 12.2 Å². The fourth-order valence-corrected chi connectivity index (χ4v) is 4.45. The molecule has 1 aromatic heterocycles. The third-order valence-electron chi connectivity index (χ3n) is 6.13. The second kappa shape index (κ2) is 9.33. The van der Waals surface area contributed by atoms with Crippen molar-refractivity contribution in [3.05, 3.63) is 100 Å². The van der Waals surface area contributed by atoms with Crippen LogP contribution in [0.1, 0.15) is 51.1 Å². The second-order valence-corrected chi connectivity index (χ2v) is 8.56. The number of H-pyrrole nitrogens is 1. The minimum Gasteiger partial charge on any atom is -0.488 e. The molecular formula is C28H27N3O2. The number of para-hydroxylation sites is 1. The Bertz CT molecular complexity index is 1340. The molecule has 5 heteroatoms. The summed E-state index contributed by atoms with van der Waals surface area (Å²) >= 11 is 0. The van der Waals surface area contributed by atoms with E-state index in [1.165, 1.54) is 29.7 Å². The van der Waals surface area contributed by atoms with Crippen LogP contribution in [0.15, 0.2) is 71.8 Å². The smallest absolute Gasteiger partial charge is 0.271 e. The number of aromatic nitrogens is 1. The van der Waals surface area contributed by atoms with Crippen LogP contribution in [0.25, 0.3) is 10.9 Å². The summed E-state index contributed by atoms with van der Waals surface area (Å²) in [6, 6.07) is 21.7. The molecule has 3 aromatic carbocycles. The molecule has 4 aromatic rings. The molecule has 2 N–H and O–H groups in total. The van der Waals surface area contributed by atoms with E-state index >= 15 is 0 Å². The van der Waals surface area contributed by atoms with Gasteiger partial charge in [-0.2, -0.15) is 5.10 Å². The Kier molecular flexibility index (Phi) is 5.94. The average Bonchev–Trinajstić information content (AvgIpc) is 3.21. The van der Waals surface area contributed by atoms with Crippen molar-refractivity contribution < 1.29 is 9.53 Å². The van der Waals surface area contributed by atoms with Crippen LogP contribution in [0.5, 0.6) is 5.75 Å². The van der Waals surface area contributed by atoms with Gasteiger partial charge in [-0.15, -0.1) is 0 Å². The molecule has 1 heterocycles. The number of carbonyl (C=O) groups excluding carboxylic acids is 1. The zero-order valence-corrected chi connectivity index (χ0v) is 18.7. The topological polar surface area (TPSA) is 66.5 Å². The molecule has 0 saturated carbocycles. The van der Waals surface area contributed by atoms with Gasteiger partial charge in [-0.25, -0.2) is 5.43 Å². The van der Waals surface area contributed by atoms with E-state index in [0.717, 1.165) is 40.6 Å². The van der Waals surface area contributed by atoms with Crippen LogP contribution in [0.2, 0.25) is 0 Å². The Morgan fingerprint density at radius 2 is 1.94 bits per heavy atom. The first-order valence-corrected chi connectivity index (χ1v) is 11.4. The summed E-state index contributed by atoms with van der Waals surface area (Å²) in [5, 5.41) is 5.34. The Morgan fingerprint density at radius 1 is 1.06 bits per heavy atom. The summed E-state index contributed by atoms with van der Waals surface area (Å²) in [5.41, 5.74) is 10.1. The summed E-state index contributed by atoms with van der Waals surface area (Å²) in [5.74, 6) is 0.495. The number of ether oxygens (including phenoxy) is 1. The van der Waals surface area contributed by atoms with E-state index in [1.54, 1.807) is 6.21 Å². The van der Waals surface area contributed by atoms with Gasteiger partial charge in [-0.3, -0.25) is 4.79 Å². The van der Waals surface area contributed by atoms with E-state index in [4.69, 9.17) is 4.74 Å². The van der Waals surface area contributed by atoms with Crippen molar-refractivity contribution in [3.8, 4) is 5.75 Å². The maximum absolute atomic E-state index is 12.7. The molecule has 5 nitrogen and oxygen atoms in total. The monoisotopic (exact) mass is 437 g/mol. The highest BCUT2D eigenvalue weighted by Crippen LogP contribution is 2.29. The Balaban J connectivity index is 1.27. The molecule has 0 radical (unpaired) electrons. The quantitative estimate of drug-likeness (QED) is 0.300. The third kappa shape index (κ3) is 4.67. The molecule has 1 amide bonds. The molecule has 0 fully saturated rings. The number of hydrogen-bond donors (Lipinski definition) is 2. The largest absolute Gasteiger partial charge is 0.488 e. The van der Waals surface area contributed by atoms with Crippen LogP contribution in [-0.4, -0.2) is 17.1 Å². The van der Waals surface area contributed by atoms with Crippen LogP contribution in [0.4, 0.5) is 0 Å². The van der Waals surface area contributed by atoms with Gasteiger partial charge in [0.2, 0.25) is 0 Å². The van der Waals surface area contributed by atoms with Crippen molar-refractivity contribution in [3.63, 3.8) is 0 Å². The highest BCUT2D eigenvalue weighted by molar-refractivity contribution is 5.99. The number of hydrazone groups is 1. The minimum atomic E-state index is -0.225. The molecule has 5 rings (SSSR count). The summed E-state index contributed by atoms with van der Waals surface area (Å²) in [7, 11) is 0. The molecule has 33 heavy (non-hydrogen) atoms. The second-order valence-electron chi connectivity index (χ2n) is 8.56. The SMILES string of the molecule is Cc1cccc(COc2ccccc2/C=N/NC(=O)c2ccc3[nH]c4c(c3c2)CCCC4)c1. The maximum Gasteiger partial charge on any atom is 0.271 e. The molecule has 0 saturated heterocycles. The van der Waals surface area contributed by atoms with Gasteiger partial charge in [0.05, 0.1) is 6.21 Å². The maximum atomic E-state index is 12.7. The fourth-order valence-electron chi connectivity index (χ4n) is 4.45. The van der Waals surface area contributed by atoms with Gasteiger partial charge in [-0.1, -0.05) is 42.0 Å². The molecule has 0 spiro atoms. The standard InChI is InChI=1S/C28H27N3O2/c1-19-7-6-8-20(15-19)18-33-27-12-5-2-9-22(27)17-29-31-28(32)21-13-14-26-24(16-21)23-10-3-4-11-25(23)30-26/h2,5-9,12-17,30H,3-4,10-11,18H2,1H3,(H,31,32)/b29-17+. The molecular weight excluding hydrogens is 410 g/mol. The van der Waals surface area contributed by atoms with Crippen molar-refractivity contribution in [1.29, 1.82) is 0 Å². The molecule has 0 atom stereocenters. The van der Waals surface area contributed by atoms with E-state index in [-0.39, 0.29) is 5.91 Å². The lowest BCUT2D eigenvalue weighted by Crippen LogP contribution is -2.17. The number of nitrogens with zero attached hydrogens (tertiary/aromatic N) is 1. The number of benzene rings is 3. The molecule has 1 aliphatic rings. The highest BCUT2D eigenvalue weighted by atomic mass is 16.5. The predicted molar refractivity (Wildman–Crippen MR) is 132 cm³/mol. The zero-order chi connectivity index (χ0) is 22.6. The van der Waals surface area contributed by atoms with Crippen LogP contribution in [0, 0.1) is 6.92 Å². The number of hydrogen-bond acceptors (Lipinski definition) is 3. The zero-order valence-electron chi connectivity index (χ0n) is 18.7. The Hall–Kier alpha value is -3.86. The Morgan fingerprint density at radius 3 is 2.85 bits per heavy atom. The third-order valence-corrected chi connectivity index (χ3v) is 6.13. The van der Waals surface area contributed by atoms with Crippen LogP contribution in [-0.2, 0) is 19.4 Å². The summed E-state index contributed by atoms with van der Waals surface area (Å²) in [6.07, 6.45) is 6.20. The van der Waals surface area contributed by atoms with E-state index in [1.807, 2.05) is 54.6 Å². The first-order valence-electron chi connectivity index (χ1n) is 11.4. The lowest BCUT2D eigenvalue weighted by molar-refractivity contribution is 0.0955. The summed E-state index contributed by atoms with van der Waals surface area (Å²) in [6.45, 7) is 2.54. The number of aryl methyl sites for hydroxylation is 3. The number of nitrogens with one attached hydrogen (secondary N) is 2. The van der Waals surface area contributed by atoms with E-state index < -0.39 is 0 Å². The number of carbonyl (C=O) groups is 1. The van der Waals surface area contributed by atoms with Crippen molar-refractivity contribution >= 4 is 23.0 Å². The van der Waals surface area contributed by atoms with Crippen molar-refractivity contribution in [2.24, 2.45) is 5.10 Å². The molecule has 1 aliphatic carbocycles. The van der Waals surface area contributed by atoms with Gasteiger partial charge < -0.3 is 9.72 Å². The van der Waals surface area contributed by atoms with Gasteiger partial charge in [0.25, 0.3) is 5.91 Å². The predicted octanol–water partition coefficient (Wildman–Crippen LogP) is 5.70. The van der Waals surface area contributed by atoms with Crippen molar-refractivity contribution in [1.82, 2.24) is 10.4 Å². The first kappa shape index (κ1) is 21.0. The fraction of sp³-hybridized carbons (Fsp3) is 0.214. The van der Waals surface area contributed by atoms with E-state index in [2.05, 4.69) is 34.6 Å². The Labute approximate surface area is 193 Å². The normalized spacial score (nSPS) is 13.2. The number of amides is 1. The van der Waals surface area contributed by atoms with Crippen LogP contribution < -0.4 is 10.2 Å². The van der Waals surface area contributed by atoms with Gasteiger partial charge in [-0.05, 0) is 74.1 Å². The van der Waals surface area contributed by atoms with Crippen molar-refractivity contribution in [2.75, 3.05) is 0 Å². The van der Waals surface area contributed by atoms with Crippen molar-refractivity contribution in [2.45, 2.75) is 39.2 Å². The molecule has 0 bridgehead atoms. The molecule has 0 unspecified atom stereocenters. The van der Waals surface area contributed by atoms with Crippen LogP contribution in [0.3, 0.4) is 0 Å².